The third kappa shape index (κ3) is 2.38. The quantitative estimate of drug-likeness (QED) is 0.754. The van der Waals surface area contributed by atoms with Crippen LogP contribution >= 0.6 is 0 Å². The van der Waals surface area contributed by atoms with Gasteiger partial charge in [-0.2, -0.15) is 0 Å². The van der Waals surface area contributed by atoms with E-state index < -0.39 is 0 Å². The number of benzene rings is 1. The van der Waals surface area contributed by atoms with Crippen LogP contribution in [0.2, 0.25) is 0 Å². The maximum atomic E-state index is 9.65. The van der Waals surface area contributed by atoms with Crippen LogP contribution in [0.5, 0.6) is 5.75 Å². The number of imidazole rings is 1. The molecular formula is C15H15N3O. The molecule has 0 spiro atoms. The van der Waals surface area contributed by atoms with Crippen LogP contribution in [0.15, 0.2) is 48.8 Å². The summed E-state index contributed by atoms with van der Waals surface area (Å²) in [4.78, 5) is 4.51. The normalized spacial score (nSPS) is 10.8. The van der Waals surface area contributed by atoms with Crippen LogP contribution in [0.1, 0.15) is 11.3 Å². The van der Waals surface area contributed by atoms with Crippen molar-refractivity contribution in [2.45, 2.75) is 13.5 Å². The van der Waals surface area contributed by atoms with E-state index in [0.717, 1.165) is 22.6 Å². The summed E-state index contributed by atoms with van der Waals surface area (Å²) in [6.45, 7) is 2.51. The SMILES string of the molecule is Cc1ccc(NCc2cn3ccccc3n2)cc1O. The molecule has 0 amide bonds. The Bertz CT molecular complexity index is 685. The van der Waals surface area contributed by atoms with E-state index in [2.05, 4.69) is 10.3 Å². The molecule has 96 valence electrons. The number of phenols is 1. The number of phenolic OH excluding ortho intramolecular Hbond substituents is 1. The lowest BCUT2D eigenvalue weighted by Gasteiger charge is -2.06. The Morgan fingerprint density at radius 2 is 2.16 bits per heavy atom. The minimum atomic E-state index is 0.306. The van der Waals surface area contributed by atoms with Gasteiger partial charge in [-0.15, -0.1) is 0 Å². The van der Waals surface area contributed by atoms with Gasteiger partial charge < -0.3 is 14.8 Å². The number of anilines is 1. The number of aryl methyl sites for hydroxylation is 1. The lowest BCUT2D eigenvalue weighted by Crippen LogP contribution is -1.99. The molecule has 2 heterocycles. The highest BCUT2D eigenvalue weighted by molar-refractivity contribution is 5.51. The molecule has 0 unspecified atom stereocenters. The fourth-order valence-corrected chi connectivity index (χ4v) is 1.98. The topological polar surface area (TPSA) is 49.6 Å². The third-order valence-electron chi connectivity index (χ3n) is 3.10. The number of aromatic nitrogens is 2. The minimum Gasteiger partial charge on any atom is -0.508 e. The van der Waals surface area contributed by atoms with Crippen LogP contribution in [-0.2, 0) is 6.54 Å². The lowest BCUT2D eigenvalue weighted by molar-refractivity contribution is 0.471. The zero-order valence-corrected chi connectivity index (χ0v) is 10.7. The van der Waals surface area contributed by atoms with E-state index >= 15 is 0 Å². The number of hydrogen-bond donors (Lipinski definition) is 2. The van der Waals surface area contributed by atoms with E-state index in [1.165, 1.54) is 0 Å². The van der Waals surface area contributed by atoms with Crippen molar-refractivity contribution in [1.82, 2.24) is 9.38 Å². The standard InChI is InChI=1S/C15H15N3O/c1-11-5-6-12(8-14(11)19)16-9-13-10-18-7-3-2-4-15(18)17-13/h2-8,10,16,19H,9H2,1H3. The van der Waals surface area contributed by atoms with Gasteiger partial charge in [0.2, 0.25) is 0 Å². The molecule has 0 bridgehead atoms. The zero-order valence-electron chi connectivity index (χ0n) is 10.7. The molecule has 0 saturated carbocycles. The second kappa shape index (κ2) is 4.65. The van der Waals surface area contributed by atoms with Gasteiger partial charge in [-0.25, -0.2) is 4.98 Å². The molecule has 0 atom stereocenters. The molecule has 2 N–H and O–H groups in total. The van der Waals surface area contributed by atoms with Crippen LogP contribution in [0, 0.1) is 6.92 Å². The summed E-state index contributed by atoms with van der Waals surface area (Å²) in [6.07, 6.45) is 3.97. The van der Waals surface area contributed by atoms with E-state index in [4.69, 9.17) is 0 Å². The van der Waals surface area contributed by atoms with Gasteiger partial charge in [0.05, 0.1) is 12.2 Å². The number of nitrogens with zero attached hydrogens (tertiary/aromatic N) is 2. The van der Waals surface area contributed by atoms with Crippen LogP contribution < -0.4 is 5.32 Å². The molecule has 19 heavy (non-hydrogen) atoms. The summed E-state index contributed by atoms with van der Waals surface area (Å²) in [5, 5.41) is 12.9. The first-order chi connectivity index (χ1) is 9.22. The fourth-order valence-electron chi connectivity index (χ4n) is 1.98. The van der Waals surface area contributed by atoms with Crippen molar-refractivity contribution >= 4 is 11.3 Å². The zero-order chi connectivity index (χ0) is 13.2. The minimum absolute atomic E-state index is 0.306. The van der Waals surface area contributed by atoms with E-state index in [1.807, 2.05) is 54.0 Å². The maximum absolute atomic E-state index is 9.65. The second-order valence-corrected chi connectivity index (χ2v) is 4.55. The Labute approximate surface area is 111 Å². The van der Waals surface area contributed by atoms with Crippen molar-refractivity contribution in [3.8, 4) is 5.75 Å². The smallest absolute Gasteiger partial charge is 0.137 e. The summed E-state index contributed by atoms with van der Waals surface area (Å²) in [6, 6.07) is 11.5. The highest BCUT2D eigenvalue weighted by atomic mass is 16.3. The van der Waals surface area contributed by atoms with Crippen molar-refractivity contribution in [3.63, 3.8) is 0 Å². The van der Waals surface area contributed by atoms with Crippen LogP contribution in [0.4, 0.5) is 5.69 Å². The van der Waals surface area contributed by atoms with Crippen molar-refractivity contribution in [1.29, 1.82) is 0 Å². The molecule has 0 aliphatic carbocycles. The number of nitrogens with one attached hydrogen (secondary N) is 1. The molecule has 0 saturated heterocycles. The van der Waals surface area contributed by atoms with Gasteiger partial charge in [0.25, 0.3) is 0 Å². The highest BCUT2D eigenvalue weighted by Gasteiger charge is 2.02. The molecule has 0 radical (unpaired) electrons. The number of aromatic hydroxyl groups is 1. The molecule has 3 aromatic rings. The van der Waals surface area contributed by atoms with Gasteiger partial charge in [0.15, 0.2) is 0 Å². The first kappa shape index (κ1) is 11.6. The number of hydrogen-bond acceptors (Lipinski definition) is 3. The van der Waals surface area contributed by atoms with E-state index in [0.29, 0.717) is 12.3 Å². The first-order valence-electron chi connectivity index (χ1n) is 6.18. The molecule has 0 aliphatic rings. The van der Waals surface area contributed by atoms with Crippen LogP contribution in [-0.4, -0.2) is 14.5 Å². The first-order valence-corrected chi connectivity index (χ1v) is 6.18. The summed E-state index contributed by atoms with van der Waals surface area (Å²) in [5.41, 5.74) is 3.66. The maximum Gasteiger partial charge on any atom is 0.137 e. The van der Waals surface area contributed by atoms with Crippen molar-refractivity contribution in [2.24, 2.45) is 0 Å². The van der Waals surface area contributed by atoms with Gasteiger partial charge >= 0.3 is 0 Å². The van der Waals surface area contributed by atoms with Crippen molar-refractivity contribution in [3.05, 3.63) is 60.0 Å². The number of pyridine rings is 1. The van der Waals surface area contributed by atoms with Gasteiger partial charge in [0, 0.05) is 24.1 Å². The Morgan fingerprint density at radius 1 is 1.26 bits per heavy atom. The summed E-state index contributed by atoms with van der Waals surface area (Å²) in [5.74, 6) is 0.306. The van der Waals surface area contributed by atoms with Gasteiger partial charge in [0.1, 0.15) is 11.4 Å². The summed E-state index contributed by atoms with van der Waals surface area (Å²) in [7, 11) is 0. The van der Waals surface area contributed by atoms with E-state index in [9.17, 15) is 5.11 Å². The molecule has 2 aromatic heterocycles. The van der Waals surface area contributed by atoms with Gasteiger partial charge in [-0.3, -0.25) is 0 Å². The van der Waals surface area contributed by atoms with Gasteiger partial charge in [-0.05, 0) is 30.7 Å². The van der Waals surface area contributed by atoms with Crippen molar-refractivity contribution < 1.29 is 5.11 Å². The Kier molecular flexibility index (Phi) is 2.83. The Morgan fingerprint density at radius 3 is 2.95 bits per heavy atom. The van der Waals surface area contributed by atoms with Crippen LogP contribution in [0.3, 0.4) is 0 Å². The molecule has 4 nitrogen and oxygen atoms in total. The second-order valence-electron chi connectivity index (χ2n) is 4.55. The molecule has 3 rings (SSSR count). The highest BCUT2D eigenvalue weighted by Crippen LogP contribution is 2.21. The Balaban J connectivity index is 1.76. The number of fused-ring (bicyclic) bond motifs is 1. The van der Waals surface area contributed by atoms with E-state index in [-0.39, 0.29) is 0 Å². The average Bonchev–Trinajstić information content (AvgIpc) is 2.83. The molecule has 0 fully saturated rings. The van der Waals surface area contributed by atoms with Gasteiger partial charge in [-0.1, -0.05) is 12.1 Å². The number of rotatable bonds is 3. The molecule has 4 heteroatoms. The predicted octanol–water partition coefficient (Wildman–Crippen LogP) is 2.96. The average molecular weight is 253 g/mol. The largest absolute Gasteiger partial charge is 0.508 e. The van der Waals surface area contributed by atoms with Crippen LogP contribution in [0.25, 0.3) is 5.65 Å². The summed E-state index contributed by atoms with van der Waals surface area (Å²) >= 11 is 0. The third-order valence-corrected chi connectivity index (χ3v) is 3.10. The summed E-state index contributed by atoms with van der Waals surface area (Å²) < 4.78 is 1.99. The predicted molar refractivity (Wildman–Crippen MR) is 75.4 cm³/mol. The van der Waals surface area contributed by atoms with Crippen molar-refractivity contribution in [2.75, 3.05) is 5.32 Å². The monoisotopic (exact) mass is 253 g/mol. The molecule has 1 aromatic carbocycles. The fraction of sp³-hybridized carbons (Fsp3) is 0.133. The van der Waals surface area contributed by atoms with E-state index in [1.54, 1.807) is 6.07 Å². The molecular weight excluding hydrogens is 238 g/mol. The Hall–Kier alpha value is -2.49. The lowest BCUT2D eigenvalue weighted by atomic mass is 10.2. The molecule has 0 aliphatic heterocycles.